The van der Waals surface area contributed by atoms with Gasteiger partial charge in [-0.25, -0.2) is 9.18 Å². The Morgan fingerprint density at radius 2 is 1.96 bits per heavy atom. The number of aryl methyl sites for hydroxylation is 1. The lowest BCUT2D eigenvalue weighted by Crippen LogP contribution is -2.45. The number of amides is 2. The Labute approximate surface area is 165 Å². The summed E-state index contributed by atoms with van der Waals surface area (Å²) in [5.74, 6) is -0.294. The van der Waals surface area contributed by atoms with Crippen LogP contribution in [0.4, 0.5) is 9.18 Å². The van der Waals surface area contributed by atoms with E-state index >= 15 is 0 Å². The molecule has 6 heteroatoms. The number of nitrogens with one attached hydrogen (secondary N) is 1. The maximum absolute atomic E-state index is 13.2. The van der Waals surface area contributed by atoms with Crippen molar-refractivity contribution in [1.29, 1.82) is 0 Å². The Morgan fingerprint density at radius 3 is 2.64 bits per heavy atom. The van der Waals surface area contributed by atoms with E-state index in [4.69, 9.17) is 4.84 Å². The predicted molar refractivity (Wildman–Crippen MR) is 108 cm³/mol. The first-order chi connectivity index (χ1) is 13.4. The number of urea groups is 1. The lowest BCUT2D eigenvalue weighted by atomic mass is 10.0. The smallest absolute Gasteiger partial charge is 0.318 e. The molecular formula is C22H26FN3O2. The van der Waals surface area contributed by atoms with Crippen molar-refractivity contribution < 1.29 is 14.0 Å². The lowest BCUT2D eigenvalue weighted by molar-refractivity contribution is 0.0586. The van der Waals surface area contributed by atoms with E-state index < -0.39 is 0 Å². The second-order valence-corrected chi connectivity index (χ2v) is 7.40. The van der Waals surface area contributed by atoms with Gasteiger partial charge < -0.3 is 15.1 Å². The van der Waals surface area contributed by atoms with Crippen LogP contribution in [-0.2, 0) is 11.4 Å². The molecule has 0 radical (unpaired) electrons. The van der Waals surface area contributed by atoms with Crippen LogP contribution < -0.4 is 5.32 Å². The van der Waals surface area contributed by atoms with Gasteiger partial charge in [0.1, 0.15) is 5.82 Å². The summed E-state index contributed by atoms with van der Waals surface area (Å²) in [6.45, 7) is 6.65. The molecular weight excluding hydrogens is 357 g/mol. The lowest BCUT2D eigenvalue weighted by Gasteiger charge is -2.26. The Kier molecular flexibility index (Phi) is 6.29. The molecule has 0 spiro atoms. The molecule has 1 N–H and O–H groups in total. The zero-order chi connectivity index (χ0) is 20.1. The van der Waals surface area contributed by atoms with Crippen molar-refractivity contribution in [2.75, 3.05) is 6.54 Å². The first-order valence-electron chi connectivity index (χ1n) is 9.51. The maximum Gasteiger partial charge on any atom is 0.318 e. The third-order valence-corrected chi connectivity index (χ3v) is 4.60. The molecule has 0 bridgehead atoms. The van der Waals surface area contributed by atoms with Crippen LogP contribution in [0, 0.1) is 12.7 Å². The predicted octanol–water partition coefficient (Wildman–Crippen LogP) is 4.25. The van der Waals surface area contributed by atoms with Crippen LogP contribution in [0.5, 0.6) is 0 Å². The topological polar surface area (TPSA) is 53.9 Å². The van der Waals surface area contributed by atoms with E-state index in [9.17, 15) is 9.18 Å². The molecule has 2 aromatic rings. The summed E-state index contributed by atoms with van der Waals surface area (Å²) in [5, 5.41) is 7.17. The van der Waals surface area contributed by atoms with Crippen LogP contribution in [0.3, 0.4) is 0 Å². The number of carbonyl (C=O) groups excluding carboxylic acids is 1. The Hall–Kier alpha value is -2.89. The summed E-state index contributed by atoms with van der Waals surface area (Å²) in [7, 11) is 0. The average molecular weight is 383 g/mol. The van der Waals surface area contributed by atoms with Crippen LogP contribution in [0.15, 0.2) is 53.7 Å². The number of halogens is 1. The fourth-order valence-electron chi connectivity index (χ4n) is 3.20. The summed E-state index contributed by atoms with van der Waals surface area (Å²) in [6, 6.07) is 14.1. The number of oxime groups is 1. The summed E-state index contributed by atoms with van der Waals surface area (Å²) in [4.78, 5) is 20.0. The highest BCUT2D eigenvalue weighted by Gasteiger charge is 2.27. The van der Waals surface area contributed by atoms with Gasteiger partial charge in [0.05, 0.1) is 12.3 Å². The van der Waals surface area contributed by atoms with E-state index in [1.54, 1.807) is 17.0 Å². The SMILES string of the molecule is Cc1ccccc1C1=NO[C@@H](CN(Cc2ccc(F)cc2)C(=O)NC(C)C)C1. The third kappa shape index (κ3) is 5.09. The number of hydrogen-bond acceptors (Lipinski definition) is 3. The summed E-state index contributed by atoms with van der Waals surface area (Å²) in [5.41, 5.74) is 3.97. The highest BCUT2D eigenvalue weighted by molar-refractivity contribution is 6.02. The van der Waals surface area contributed by atoms with Crippen LogP contribution in [-0.4, -0.2) is 35.3 Å². The molecule has 2 aromatic carbocycles. The van der Waals surface area contributed by atoms with Gasteiger partial charge in [-0.15, -0.1) is 0 Å². The van der Waals surface area contributed by atoms with E-state index in [0.29, 0.717) is 19.5 Å². The Balaban J connectivity index is 1.68. The largest absolute Gasteiger partial charge is 0.390 e. The molecule has 0 aromatic heterocycles. The minimum absolute atomic E-state index is 0.0199. The van der Waals surface area contributed by atoms with Crippen molar-refractivity contribution in [3.63, 3.8) is 0 Å². The van der Waals surface area contributed by atoms with Crippen LogP contribution in [0.1, 0.15) is 37.0 Å². The van der Waals surface area contributed by atoms with Crippen molar-refractivity contribution in [3.8, 4) is 0 Å². The van der Waals surface area contributed by atoms with Crippen molar-refractivity contribution in [2.45, 2.75) is 45.9 Å². The van der Waals surface area contributed by atoms with Gasteiger partial charge in [-0.1, -0.05) is 41.6 Å². The highest BCUT2D eigenvalue weighted by atomic mass is 19.1. The molecule has 1 atom stereocenters. The molecule has 0 fully saturated rings. The number of carbonyl (C=O) groups is 1. The van der Waals surface area contributed by atoms with E-state index in [0.717, 1.165) is 22.4 Å². The van der Waals surface area contributed by atoms with Gasteiger partial charge in [-0.05, 0) is 44.0 Å². The molecule has 0 aliphatic carbocycles. The number of nitrogens with zero attached hydrogens (tertiary/aromatic N) is 2. The Morgan fingerprint density at radius 1 is 1.25 bits per heavy atom. The van der Waals surface area contributed by atoms with E-state index in [1.807, 2.05) is 45.0 Å². The van der Waals surface area contributed by atoms with Crippen molar-refractivity contribution in [3.05, 3.63) is 71.0 Å². The van der Waals surface area contributed by atoms with Crippen molar-refractivity contribution >= 4 is 11.7 Å². The summed E-state index contributed by atoms with van der Waals surface area (Å²) >= 11 is 0. The van der Waals surface area contributed by atoms with Gasteiger partial charge in [0.2, 0.25) is 0 Å². The van der Waals surface area contributed by atoms with E-state index in [1.165, 1.54) is 12.1 Å². The fourth-order valence-corrected chi connectivity index (χ4v) is 3.20. The second kappa shape index (κ2) is 8.87. The number of rotatable bonds is 6. The normalized spacial score (nSPS) is 15.9. The van der Waals surface area contributed by atoms with Crippen LogP contribution in [0.25, 0.3) is 0 Å². The average Bonchev–Trinajstić information content (AvgIpc) is 3.11. The molecule has 1 heterocycles. The molecule has 5 nitrogen and oxygen atoms in total. The quantitative estimate of drug-likeness (QED) is 0.811. The minimum atomic E-state index is -0.294. The zero-order valence-electron chi connectivity index (χ0n) is 16.5. The molecule has 0 unspecified atom stereocenters. The van der Waals surface area contributed by atoms with Gasteiger partial charge in [0.15, 0.2) is 6.10 Å². The summed E-state index contributed by atoms with van der Waals surface area (Å²) < 4.78 is 13.2. The second-order valence-electron chi connectivity index (χ2n) is 7.40. The fraction of sp³-hybridized carbons (Fsp3) is 0.364. The molecule has 3 rings (SSSR count). The van der Waals surface area contributed by atoms with Gasteiger partial charge in [0, 0.05) is 24.6 Å². The van der Waals surface area contributed by atoms with Crippen molar-refractivity contribution in [2.24, 2.45) is 5.16 Å². The summed E-state index contributed by atoms with van der Waals surface area (Å²) in [6.07, 6.45) is 0.424. The van der Waals surface area contributed by atoms with Gasteiger partial charge in [-0.3, -0.25) is 0 Å². The monoisotopic (exact) mass is 383 g/mol. The first kappa shape index (κ1) is 19.9. The van der Waals surface area contributed by atoms with Gasteiger partial charge in [-0.2, -0.15) is 0 Å². The van der Waals surface area contributed by atoms with Gasteiger partial charge >= 0.3 is 6.03 Å². The maximum atomic E-state index is 13.2. The third-order valence-electron chi connectivity index (χ3n) is 4.60. The molecule has 148 valence electrons. The number of hydrogen-bond donors (Lipinski definition) is 1. The van der Waals surface area contributed by atoms with Crippen molar-refractivity contribution in [1.82, 2.24) is 10.2 Å². The molecule has 0 saturated carbocycles. The van der Waals surface area contributed by atoms with E-state index in [2.05, 4.69) is 10.5 Å². The van der Waals surface area contributed by atoms with Crippen LogP contribution >= 0.6 is 0 Å². The standard InChI is InChI=1S/C22H26FN3O2/c1-15(2)24-22(27)26(13-17-8-10-18(23)11-9-17)14-19-12-21(25-28-19)20-7-5-4-6-16(20)3/h4-11,15,19H,12-14H2,1-3H3,(H,24,27)/t19-/m1/s1. The molecule has 0 saturated heterocycles. The molecule has 1 aliphatic rings. The highest BCUT2D eigenvalue weighted by Crippen LogP contribution is 2.21. The Bertz CT molecular complexity index is 849. The minimum Gasteiger partial charge on any atom is -0.390 e. The zero-order valence-corrected chi connectivity index (χ0v) is 16.5. The first-order valence-corrected chi connectivity index (χ1v) is 9.51. The van der Waals surface area contributed by atoms with Crippen LogP contribution in [0.2, 0.25) is 0 Å². The molecule has 28 heavy (non-hydrogen) atoms. The molecule has 2 amide bonds. The number of benzene rings is 2. The van der Waals surface area contributed by atoms with Gasteiger partial charge in [0.25, 0.3) is 0 Å². The van der Waals surface area contributed by atoms with E-state index in [-0.39, 0.29) is 24.0 Å². The molecule has 1 aliphatic heterocycles.